The summed E-state index contributed by atoms with van der Waals surface area (Å²) >= 11 is 0. The topological polar surface area (TPSA) is 123 Å². The van der Waals surface area contributed by atoms with Crippen molar-refractivity contribution in [3.8, 4) is 5.75 Å². The van der Waals surface area contributed by atoms with Crippen LogP contribution in [0.15, 0.2) is 118 Å². The summed E-state index contributed by atoms with van der Waals surface area (Å²) in [6.45, 7) is 0.239. The Morgan fingerprint density at radius 2 is 1.35 bits per heavy atom. The van der Waals surface area contributed by atoms with Crippen molar-refractivity contribution >= 4 is 34.7 Å². The smallest absolute Gasteiger partial charge is 0.349 e. The number of amides is 3. The van der Waals surface area contributed by atoms with E-state index < -0.39 is 35.4 Å². The van der Waals surface area contributed by atoms with Crippen LogP contribution in [0.3, 0.4) is 0 Å². The number of benzene rings is 4. The summed E-state index contributed by atoms with van der Waals surface area (Å²) in [7, 11) is 0. The van der Waals surface area contributed by atoms with Crippen LogP contribution in [-0.2, 0) is 17.8 Å². The van der Waals surface area contributed by atoms with Crippen molar-refractivity contribution in [3.63, 3.8) is 0 Å². The highest BCUT2D eigenvalue weighted by Gasteiger charge is 2.43. The molecule has 43 heavy (non-hydrogen) atoms. The van der Waals surface area contributed by atoms with Gasteiger partial charge in [-0.3, -0.25) is 19.3 Å². The molecule has 1 aliphatic rings. The highest BCUT2D eigenvalue weighted by molar-refractivity contribution is 6.22. The quantitative estimate of drug-likeness (QED) is 0.125. The third kappa shape index (κ3) is 5.56. The van der Waals surface area contributed by atoms with Crippen LogP contribution in [0.1, 0.15) is 42.2 Å². The van der Waals surface area contributed by atoms with Gasteiger partial charge < -0.3 is 14.5 Å². The predicted octanol–water partition coefficient (Wildman–Crippen LogP) is 4.54. The molecule has 0 aliphatic carbocycles. The molecule has 1 aliphatic heterocycles. The van der Waals surface area contributed by atoms with E-state index in [0.29, 0.717) is 5.39 Å². The number of carbonyl (C=O) groups is 4. The van der Waals surface area contributed by atoms with Crippen molar-refractivity contribution in [1.29, 1.82) is 0 Å². The molecular weight excluding hydrogens is 548 g/mol. The number of imide groups is 1. The summed E-state index contributed by atoms with van der Waals surface area (Å²) in [5, 5.41) is 3.14. The first-order chi connectivity index (χ1) is 20.9. The minimum atomic E-state index is -1.26. The van der Waals surface area contributed by atoms with E-state index in [1.165, 1.54) is 18.2 Å². The van der Waals surface area contributed by atoms with Crippen LogP contribution in [0.2, 0.25) is 0 Å². The number of rotatable bonds is 8. The maximum atomic E-state index is 13.6. The first-order valence-electron chi connectivity index (χ1n) is 13.5. The van der Waals surface area contributed by atoms with Gasteiger partial charge in [-0.05, 0) is 41.5 Å². The van der Waals surface area contributed by atoms with Gasteiger partial charge in [0, 0.05) is 24.4 Å². The number of nitrogens with one attached hydrogen (secondary N) is 1. The van der Waals surface area contributed by atoms with Crippen LogP contribution in [0.4, 0.5) is 0 Å². The maximum absolute atomic E-state index is 13.6. The molecule has 0 saturated carbocycles. The van der Waals surface area contributed by atoms with Gasteiger partial charge in [-0.15, -0.1) is 0 Å². The highest BCUT2D eigenvalue weighted by atomic mass is 16.5. The molecule has 6 rings (SSSR count). The Balaban J connectivity index is 1.24. The summed E-state index contributed by atoms with van der Waals surface area (Å²) in [5.41, 5.74) is 1.11. The largest absolute Gasteiger partial charge is 0.425 e. The van der Waals surface area contributed by atoms with E-state index in [1.54, 1.807) is 54.6 Å². The second-order valence-electron chi connectivity index (χ2n) is 9.97. The fraction of sp³-hybridized carbons (Fsp3) is 0.0882. The monoisotopic (exact) mass is 572 g/mol. The Labute approximate surface area is 245 Å². The van der Waals surface area contributed by atoms with Gasteiger partial charge in [0.05, 0.1) is 11.1 Å². The normalized spacial score (nSPS) is 13.1. The lowest BCUT2D eigenvalue weighted by atomic mass is 10.0. The van der Waals surface area contributed by atoms with Crippen molar-refractivity contribution in [2.45, 2.75) is 19.0 Å². The van der Waals surface area contributed by atoms with Gasteiger partial charge in [0.1, 0.15) is 22.9 Å². The fourth-order valence-corrected chi connectivity index (χ4v) is 4.98. The predicted molar refractivity (Wildman–Crippen MR) is 157 cm³/mol. The van der Waals surface area contributed by atoms with Crippen molar-refractivity contribution in [2.75, 3.05) is 0 Å². The Bertz CT molecular complexity index is 1900. The maximum Gasteiger partial charge on any atom is 0.349 e. The molecule has 0 saturated heterocycles. The van der Waals surface area contributed by atoms with Gasteiger partial charge in [0.15, 0.2) is 0 Å². The second kappa shape index (κ2) is 11.6. The molecule has 9 heteroatoms. The Morgan fingerprint density at radius 1 is 0.744 bits per heavy atom. The van der Waals surface area contributed by atoms with Gasteiger partial charge >= 0.3 is 11.6 Å². The summed E-state index contributed by atoms with van der Waals surface area (Å²) in [5.74, 6) is -2.55. The van der Waals surface area contributed by atoms with Crippen LogP contribution in [0.25, 0.3) is 11.0 Å². The average molecular weight is 573 g/mol. The molecule has 3 amide bonds. The zero-order valence-electron chi connectivity index (χ0n) is 22.7. The van der Waals surface area contributed by atoms with Crippen LogP contribution >= 0.6 is 0 Å². The molecule has 0 radical (unpaired) electrons. The second-order valence-corrected chi connectivity index (χ2v) is 9.97. The van der Waals surface area contributed by atoms with E-state index in [-0.39, 0.29) is 41.0 Å². The number of esters is 1. The zero-order valence-corrected chi connectivity index (χ0v) is 22.7. The molecule has 1 unspecified atom stereocenters. The third-order valence-electron chi connectivity index (χ3n) is 7.15. The number of fused-ring (bicyclic) bond motifs is 2. The molecular formula is C34H24N2O7. The van der Waals surface area contributed by atoms with E-state index in [2.05, 4.69) is 5.32 Å². The molecule has 4 aromatic carbocycles. The highest BCUT2D eigenvalue weighted by Crippen LogP contribution is 2.28. The van der Waals surface area contributed by atoms with Crippen LogP contribution < -0.4 is 15.7 Å². The molecule has 0 bridgehead atoms. The van der Waals surface area contributed by atoms with E-state index in [1.807, 2.05) is 36.4 Å². The lowest BCUT2D eigenvalue weighted by Crippen LogP contribution is -2.48. The average Bonchev–Trinajstić information content (AvgIpc) is 3.28. The number of hydrogen-bond donors (Lipinski definition) is 1. The molecule has 5 aromatic rings. The summed E-state index contributed by atoms with van der Waals surface area (Å²) in [6, 6.07) is 29.2. The SMILES string of the molecule is O=C(NCc1ccccc1)c1cc2ccc(OC(=O)C(Cc3ccccc3)N3C(=O)c4ccccc4C3=O)cc2oc1=O. The lowest BCUT2D eigenvalue weighted by molar-refractivity contribution is -0.138. The fourth-order valence-electron chi connectivity index (χ4n) is 4.98. The molecule has 1 atom stereocenters. The van der Waals surface area contributed by atoms with E-state index in [9.17, 15) is 24.0 Å². The standard InChI is InChI=1S/C34H24N2O7/c37-30(35-20-22-11-5-2-6-12-22)27-18-23-15-16-24(19-29(23)43-33(27)40)42-34(41)28(17-21-9-3-1-4-10-21)36-31(38)25-13-7-8-14-26(25)32(36)39/h1-16,18-19,28H,17,20H2,(H,35,37). The van der Waals surface area contributed by atoms with Crippen molar-refractivity contribution < 1.29 is 28.3 Å². The van der Waals surface area contributed by atoms with Crippen molar-refractivity contribution in [1.82, 2.24) is 10.2 Å². The minimum absolute atomic E-state index is 0.0370. The summed E-state index contributed by atoms with van der Waals surface area (Å²) in [4.78, 5) is 66.3. The first-order valence-corrected chi connectivity index (χ1v) is 13.5. The summed E-state index contributed by atoms with van der Waals surface area (Å²) in [6.07, 6.45) is 0.0370. The molecule has 9 nitrogen and oxygen atoms in total. The molecule has 1 N–H and O–H groups in total. The van der Waals surface area contributed by atoms with Gasteiger partial charge in [-0.25, -0.2) is 9.59 Å². The van der Waals surface area contributed by atoms with Gasteiger partial charge in [-0.2, -0.15) is 0 Å². The van der Waals surface area contributed by atoms with E-state index in [0.717, 1.165) is 16.0 Å². The lowest BCUT2D eigenvalue weighted by Gasteiger charge is -2.24. The van der Waals surface area contributed by atoms with Gasteiger partial charge in [0.2, 0.25) is 0 Å². The van der Waals surface area contributed by atoms with E-state index in [4.69, 9.17) is 9.15 Å². The Morgan fingerprint density at radius 3 is 2.00 bits per heavy atom. The number of carbonyl (C=O) groups excluding carboxylic acids is 4. The Hall–Kier alpha value is -5.83. The molecule has 0 spiro atoms. The molecule has 0 fully saturated rings. The number of hydrogen-bond acceptors (Lipinski definition) is 7. The van der Waals surface area contributed by atoms with Crippen LogP contribution in [0.5, 0.6) is 5.75 Å². The van der Waals surface area contributed by atoms with Gasteiger partial charge in [0.25, 0.3) is 17.7 Å². The van der Waals surface area contributed by atoms with Crippen LogP contribution in [-0.4, -0.2) is 34.6 Å². The van der Waals surface area contributed by atoms with Crippen molar-refractivity contribution in [3.05, 3.63) is 147 Å². The molecule has 212 valence electrons. The zero-order chi connectivity index (χ0) is 29.9. The summed E-state index contributed by atoms with van der Waals surface area (Å²) < 4.78 is 11.0. The minimum Gasteiger partial charge on any atom is -0.425 e. The first kappa shape index (κ1) is 27.3. The van der Waals surface area contributed by atoms with Crippen LogP contribution in [0, 0.1) is 0 Å². The number of ether oxygens (including phenoxy) is 1. The third-order valence-corrected chi connectivity index (χ3v) is 7.15. The van der Waals surface area contributed by atoms with E-state index >= 15 is 0 Å². The molecule has 1 aromatic heterocycles. The van der Waals surface area contributed by atoms with Crippen molar-refractivity contribution in [2.24, 2.45) is 0 Å². The molecule has 2 heterocycles. The Kier molecular flexibility index (Phi) is 7.36. The van der Waals surface area contributed by atoms with Gasteiger partial charge in [-0.1, -0.05) is 72.8 Å². The number of nitrogens with zero attached hydrogens (tertiary/aromatic N) is 1.